The van der Waals surface area contributed by atoms with Gasteiger partial charge in [-0.1, -0.05) is 0 Å². The van der Waals surface area contributed by atoms with Crippen LogP contribution in [0.3, 0.4) is 0 Å². The molecule has 0 spiro atoms. The van der Waals surface area contributed by atoms with Gasteiger partial charge in [-0.3, -0.25) is 9.20 Å². The molecule has 106 valence electrons. The molecule has 0 fully saturated rings. The van der Waals surface area contributed by atoms with E-state index in [1.165, 1.54) is 46.1 Å². The second kappa shape index (κ2) is 5.45. The molecule has 2 heterocycles. The number of carbonyl (C=O) groups excluding carboxylic acids is 1. The monoisotopic (exact) mass is 304 g/mol. The van der Waals surface area contributed by atoms with Gasteiger partial charge in [-0.15, -0.1) is 11.3 Å². The first kappa shape index (κ1) is 13.4. The first-order chi connectivity index (χ1) is 10.1. The summed E-state index contributed by atoms with van der Waals surface area (Å²) in [5.41, 5.74) is 0.386. The van der Waals surface area contributed by atoms with Crippen LogP contribution in [0.1, 0.15) is 16.1 Å². The summed E-state index contributed by atoms with van der Waals surface area (Å²) in [7, 11) is 0. The van der Waals surface area contributed by atoms with Crippen LogP contribution in [0.4, 0.5) is 4.39 Å². The quantitative estimate of drug-likeness (QED) is 0.696. The Kier molecular flexibility index (Phi) is 3.49. The highest BCUT2D eigenvalue weighted by atomic mass is 32.1. The first-order valence-electron chi connectivity index (χ1n) is 6.02. The summed E-state index contributed by atoms with van der Waals surface area (Å²) in [6, 6.07) is 6.35. The van der Waals surface area contributed by atoms with Crippen molar-refractivity contribution in [3.63, 3.8) is 0 Å². The van der Waals surface area contributed by atoms with Gasteiger partial charge in [-0.05, 0) is 24.3 Å². The lowest BCUT2D eigenvalue weighted by Crippen LogP contribution is -2.14. The molecule has 3 rings (SSSR count). The Hall–Kier alpha value is -2.54. The molecule has 21 heavy (non-hydrogen) atoms. The molecule has 0 aliphatic carbocycles. The number of carbonyl (C=O) groups is 1. The molecule has 0 unspecified atom stereocenters. The second-order valence-electron chi connectivity index (χ2n) is 4.22. The van der Waals surface area contributed by atoms with Gasteiger partial charge in [0.15, 0.2) is 4.96 Å². The van der Waals surface area contributed by atoms with E-state index in [0.29, 0.717) is 10.7 Å². The average molecular weight is 304 g/mol. The fourth-order valence-corrected chi connectivity index (χ4v) is 2.51. The summed E-state index contributed by atoms with van der Waals surface area (Å²) in [4.78, 5) is 28.3. The lowest BCUT2D eigenvalue weighted by molar-refractivity contribution is 0.0467. The zero-order chi connectivity index (χ0) is 14.8. The van der Waals surface area contributed by atoms with Crippen LogP contribution >= 0.6 is 11.3 Å². The van der Waals surface area contributed by atoms with Crippen molar-refractivity contribution in [3.05, 3.63) is 69.3 Å². The lowest BCUT2D eigenvalue weighted by Gasteiger charge is -2.04. The van der Waals surface area contributed by atoms with Crippen molar-refractivity contribution >= 4 is 22.3 Å². The van der Waals surface area contributed by atoms with E-state index in [4.69, 9.17) is 4.74 Å². The highest BCUT2D eigenvalue weighted by molar-refractivity contribution is 7.15. The molecule has 0 atom stereocenters. The third kappa shape index (κ3) is 2.82. The summed E-state index contributed by atoms with van der Waals surface area (Å²) < 4.78 is 19.2. The molecule has 0 N–H and O–H groups in total. The molecule has 0 saturated carbocycles. The van der Waals surface area contributed by atoms with Crippen LogP contribution in [0, 0.1) is 5.82 Å². The van der Waals surface area contributed by atoms with Crippen molar-refractivity contribution in [2.75, 3.05) is 0 Å². The predicted molar refractivity (Wildman–Crippen MR) is 74.9 cm³/mol. The van der Waals surface area contributed by atoms with Crippen LogP contribution in [0.25, 0.3) is 4.96 Å². The van der Waals surface area contributed by atoms with Gasteiger partial charge in [0.05, 0.1) is 11.3 Å². The zero-order valence-electron chi connectivity index (χ0n) is 10.7. The van der Waals surface area contributed by atoms with Crippen molar-refractivity contribution in [2.45, 2.75) is 6.61 Å². The number of hydrogen-bond acceptors (Lipinski definition) is 5. The minimum atomic E-state index is -0.594. The average Bonchev–Trinajstić information content (AvgIpc) is 2.94. The second-order valence-corrected chi connectivity index (χ2v) is 5.10. The molecule has 5 nitrogen and oxygen atoms in total. The minimum absolute atomic E-state index is 0.111. The van der Waals surface area contributed by atoms with E-state index in [-0.39, 0.29) is 17.7 Å². The number of rotatable bonds is 3. The van der Waals surface area contributed by atoms with Gasteiger partial charge in [0, 0.05) is 17.6 Å². The van der Waals surface area contributed by atoms with Crippen molar-refractivity contribution in [1.82, 2.24) is 9.38 Å². The van der Waals surface area contributed by atoms with Crippen molar-refractivity contribution in [1.29, 1.82) is 0 Å². The van der Waals surface area contributed by atoms with E-state index in [9.17, 15) is 14.0 Å². The zero-order valence-corrected chi connectivity index (χ0v) is 11.5. The molecule has 1 aromatic carbocycles. The predicted octanol–water partition coefficient (Wildman–Crippen LogP) is 2.25. The number of fused-ring (bicyclic) bond motifs is 1. The van der Waals surface area contributed by atoms with Crippen LogP contribution < -0.4 is 5.56 Å². The third-order valence-corrected chi connectivity index (χ3v) is 3.54. The van der Waals surface area contributed by atoms with Crippen LogP contribution in [-0.4, -0.2) is 15.4 Å². The van der Waals surface area contributed by atoms with E-state index in [1.807, 2.05) is 0 Å². The number of esters is 1. The van der Waals surface area contributed by atoms with Gasteiger partial charge in [0.1, 0.15) is 12.4 Å². The SMILES string of the molecule is O=C(OCc1cc(=O)n2ccsc2n1)c1ccc(F)cc1. The Morgan fingerprint density at radius 2 is 2.10 bits per heavy atom. The van der Waals surface area contributed by atoms with Gasteiger partial charge >= 0.3 is 5.97 Å². The third-order valence-electron chi connectivity index (χ3n) is 2.79. The standard InChI is InChI=1S/C14H9FN2O3S/c15-10-3-1-9(2-4-10)13(19)20-8-11-7-12(18)17-5-6-21-14(17)16-11/h1-7H,8H2. The van der Waals surface area contributed by atoms with E-state index in [1.54, 1.807) is 11.6 Å². The highest BCUT2D eigenvalue weighted by Gasteiger charge is 2.09. The molecule has 2 aromatic heterocycles. The number of nitrogens with zero attached hydrogens (tertiary/aromatic N) is 2. The molecule has 0 saturated heterocycles. The van der Waals surface area contributed by atoms with Crippen LogP contribution in [-0.2, 0) is 11.3 Å². The maximum Gasteiger partial charge on any atom is 0.338 e. The van der Waals surface area contributed by atoms with Gasteiger partial charge in [-0.25, -0.2) is 14.2 Å². The van der Waals surface area contributed by atoms with Gasteiger partial charge in [0.25, 0.3) is 5.56 Å². The number of halogens is 1. The number of benzene rings is 1. The Labute approximate surface area is 122 Å². The minimum Gasteiger partial charge on any atom is -0.456 e. The summed E-state index contributed by atoms with van der Waals surface area (Å²) in [6.07, 6.45) is 1.63. The fraction of sp³-hybridized carbons (Fsp3) is 0.0714. The summed E-state index contributed by atoms with van der Waals surface area (Å²) in [6.45, 7) is -0.111. The molecule has 0 aliphatic rings. The van der Waals surface area contributed by atoms with Gasteiger partial charge in [-0.2, -0.15) is 0 Å². The molecule has 0 aliphatic heterocycles. The lowest BCUT2D eigenvalue weighted by atomic mass is 10.2. The van der Waals surface area contributed by atoms with Gasteiger partial charge < -0.3 is 4.74 Å². The number of ether oxygens (including phenoxy) is 1. The normalized spacial score (nSPS) is 10.7. The number of thiazole rings is 1. The van der Waals surface area contributed by atoms with E-state index >= 15 is 0 Å². The summed E-state index contributed by atoms with van der Waals surface area (Å²) >= 11 is 1.32. The molecule has 0 bridgehead atoms. The smallest absolute Gasteiger partial charge is 0.338 e. The van der Waals surface area contributed by atoms with Crippen LogP contribution in [0.2, 0.25) is 0 Å². The van der Waals surface area contributed by atoms with Crippen molar-refractivity contribution in [3.8, 4) is 0 Å². The molecule has 7 heteroatoms. The number of hydrogen-bond donors (Lipinski definition) is 0. The van der Waals surface area contributed by atoms with E-state index < -0.39 is 11.8 Å². The first-order valence-corrected chi connectivity index (χ1v) is 6.90. The summed E-state index contributed by atoms with van der Waals surface area (Å²) in [5, 5.41) is 1.75. The van der Waals surface area contributed by atoms with Crippen LogP contribution in [0.5, 0.6) is 0 Å². The molecule has 0 radical (unpaired) electrons. The van der Waals surface area contributed by atoms with E-state index in [2.05, 4.69) is 4.98 Å². The Balaban J connectivity index is 1.75. The highest BCUT2D eigenvalue weighted by Crippen LogP contribution is 2.09. The Bertz CT molecular complexity index is 855. The molecule has 3 aromatic rings. The summed E-state index contributed by atoms with van der Waals surface area (Å²) in [5.74, 6) is -1.02. The maximum atomic E-state index is 12.8. The maximum absolute atomic E-state index is 12.8. The van der Waals surface area contributed by atoms with Crippen molar-refractivity contribution in [2.24, 2.45) is 0 Å². The van der Waals surface area contributed by atoms with Gasteiger partial charge in [0.2, 0.25) is 0 Å². The van der Waals surface area contributed by atoms with E-state index in [0.717, 1.165) is 0 Å². The van der Waals surface area contributed by atoms with Crippen LogP contribution in [0.15, 0.2) is 46.7 Å². The number of aromatic nitrogens is 2. The Morgan fingerprint density at radius 3 is 2.86 bits per heavy atom. The topological polar surface area (TPSA) is 60.7 Å². The molecule has 0 amide bonds. The molecular weight excluding hydrogens is 295 g/mol. The molecular formula is C14H9FN2O3S. The van der Waals surface area contributed by atoms with Crippen molar-refractivity contribution < 1.29 is 13.9 Å². The largest absolute Gasteiger partial charge is 0.456 e. The Morgan fingerprint density at radius 1 is 1.33 bits per heavy atom. The fourth-order valence-electron chi connectivity index (χ4n) is 1.77.